The summed E-state index contributed by atoms with van der Waals surface area (Å²) in [6.45, 7) is 6.14. The number of amides is 4. The first kappa shape index (κ1) is 29.8. The third-order valence-electron chi connectivity index (χ3n) is 8.45. The molecule has 40 heavy (non-hydrogen) atoms. The Bertz CT molecular complexity index is 1090. The van der Waals surface area contributed by atoms with Crippen molar-refractivity contribution in [3.05, 3.63) is 29.3 Å². The topological polar surface area (TPSA) is 117 Å². The number of hydrogen-bond donors (Lipinski definition) is 1. The van der Waals surface area contributed by atoms with E-state index in [0.717, 1.165) is 36.1 Å². The summed E-state index contributed by atoms with van der Waals surface area (Å²) in [4.78, 5) is 59.8. The maximum absolute atomic E-state index is 13.3. The minimum absolute atomic E-state index is 0.0531. The van der Waals surface area contributed by atoms with Crippen molar-refractivity contribution < 1.29 is 33.9 Å². The lowest BCUT2D eigenvalue weighted by Gasteiger charge is -2.41. The van der Waals surface area contributed by atoms with Gasteiger partial charge in [-0.2, -0.15) is 0 Å². The van der Waals surface area contributed by atoms with Crippen LogP contribution in [0, 0.1) is 17.8 Å². The highest BCUT2D eigenvalue weighted by Crippen LogP contribution is 2.47. The number of rotatable bonds is 12. The fourth-order valence-electron chi connectivity index (χ4n) is 6.46. The first-order valence-corrected chi connectivity index (χ1v) is 14.7. The van der Waals surface area contributed by atoms with Crippen LogP contribution in [0.15, 0.2) is 18.2 Å². The van der Waals surface area contributed by atoms with Crippen LogP contribution in [0.5, 0.6) is 5.75 Å². The van der Waals surface area contributed by atoms with E-state index < -0.39 is 11.9 Å². The molecular weight excluding hydrogens is 514 g/mol. The van der Waals surface area contributed by atoms with Crippen LogP contribution in [-0.4, -0.2) is 83.7 Å². The van der Waals surface area contributed by atoms with E-state index in [-0.39, 0.29) is 55.0 Å². The Morgan fingerprint density at radius 1 is 1.15 bits per heavy atom. The molecule has 0 aromatic heterocycles. The predicted molar refractivity (Wildman–Crippen MR) is 148 cm³/mol. The monoisotopic (exact) mass is 557 g/mol. The van der Waals surface area contributed by atoms with Crippen molar-refractivity contribution in [2.75, 3.05) is 39.9 Å². The fraction of sp³-hybridized carbons (Fsp3) is 0.667. The second-order valence-corrected chi connectivity index (χ2v) is 11.4. The quantitative estimate of drug-likeness (QED) is 0.385. The summed E-state index contributed by atoms with van der Waals surface area (Å²) in [6.07, 6.45) is 4.36. The highest BCUT2D eigenvalue weighted by Gasteiger charge is 2.44. The summed E-state index contributed by atoms with van der Waals surface area (Å²) in [6, 6.07) is 5.59. The zero-order chi connectivity index (χ0) is 28.8. The first-order chi connectivity index (χ1) is 19.2. The number of carbonyl (C=O) groups excluding carboxylic acids is 3. The van der Waals surface area contributed by atoms with E-state index >= 15 is 0 Å². The highest BCUT2D eigenvalue weighted by molar-refractivity contribution is 5.96. The van der Waals surface area contributed by atoms with Crippen molar-refractivity contribution in [3.8, 4) is 5.75 Å². The van der Waals surface area contributed by atoms with E-state index in [2.05, 4.69) is 6.07 Å². The van der Waals surface area contributed by atoms with Crippen molar-refractivity contribution in [1.82, 2.24) is 14.9 Å². The van der Waals surface area contributed by atoms with Gasteiger partial charge in [0, 0.05) is 45.9 Å². The highest BCUT2D eigenvalue weighted by atomic mass is 16.7. The largest absolute Gasteiger partial charge is 0.493 e. The number of carboxylic acids is 1. The summed E-state index contributed by atoms with van der Waals surface area (Å²) < 4.78 is 5.67. The Morgan fingerprint density at radius 3 is 2.67 bits per heavy atom. The van der Waals surface area contributed by atoms with Crippen LogP contribution in [0.1, 0.15) is 75.8 Å². The van der Waals surface area contributed by atoms with Gasteiger partial charge in [-0.05, 0) is 67.1 Å². The molecule has 2 fully saturated rings. The van der Waals surface area contributed by atoms with Crippen LogP contribution in [-0.2, 0) is 25.6 Å². The van der Waals surface area contributed by atoms with Gasteiger partial charge in [0.25, 0.3) is 0 Å². The number of carbonyl (C=O) groups is 4. The van der Waals surface area contributed by atoms with Crippen LogP contribution >= 0.6 is 0 Å². The second kappa shape index (κ2) is 13.5. The zero-order valence-corrected chi connectivity index (χ0v) is 24.0. The molecule has 1 aromatic carbocycles. The molecule has 2 aliphatic heterocycles. The zero-order valence-electron chi connectivity index (χ0n) is 24.0. The molecule has 1 N–H and O–H groups in total. The SMILES string of the molecule is CCCON(CCC)C(=O)CC1C[C@@H](CCN2C(=O)CCN(C)C2=O)[C@H](C(=O)O)[C@@H](c2ccc3c(c2)CCO3)C1. The molecule has 2 heterocycles. The third-order valence-corrected chi connectivity index (χ3v) is 8.45. The molecule has 0 bridgehead atoms. The molecule has 1 aliphatic carbocycles. The number of ether oxygens (including phenoxy) is 1. The van der Waals surface area contributed by atoms with Gasteiger partial charge in [0.15, 0.2) is 0 Å². The van der Waals surface area contributed by atoms with E-state index in [0.29, 0.717) is 45.6 Å². The Balaban J connectivity index is 1.59. The molecular formula is C30H43N3O7. The summed E-state index contributed by atoms with van der Waals surface area (Å²) in [5.41, 5.74) is 2.02. The Labute approximate surface area is 236 Å². The third kappa shape index (κ3) is 6.77. The van der Waals surface area contributed by atoms with Crippen LogP contribution in [0.3, 0.4) is 0 Å². The lowest BCUT2D eigenvalue weighted by molar-refractivity contribution is -0.188. The number of benzene rings is 1. The minimum atomic E-state index is -0.885. The maximum atomic E-state index is 13.3. The van der Waals surface area contributed by atoms with Gasteiger partial charge in [-0.25, -0.2) is 9.86 Å². The number of carboxylic acid groups (broad SMARTS) is 1. The number of urea groups is 1. The molecule has 220 valence electrons. The van der Waals surface area contributed by atoms with Crippen LogP contribution in [0.25, 0.3) is 0 Å². The van der Waals surface area contributed by atoms with Crippen LogP contribution in [0.4, 0.5) is 4.79 Å². The Kier molecular flexibility index (Phi) is 10.1. The maximum Gasteiger partial charge on any atom is 0.326 e. The second-order valence-electron chi connectivity index (χ2n) is 11.4. The normalized spacial score (nSPS) is 24.6. The Hall–Kier alpha value is -3.14. The molecule has 10 heteroatoms. The molecule has 1 unspecified atom stereocenters. The number of aliphatic carboxylic acids is 1. The lowest BCUT2D eigenvalue weighted by atomic mass is 9.63. The van der Waals surface area contributed by atoms with E-state index in [1.807, 2.05) is 26.0 Å². The van der Waals surface area contributed by atoms with Crippen molar-refractivity contribution in [1.29, 1.82) is 0 Å². The van der Waals surface area contributed by atoms with Gasteiger partial charge in [0.2, 0.25) is 11.8 Å². The van der Waals surface area contributed by atoms with Crippen LogP contribution in [0.2, 0.25) is 0 Å². The molecule has 0 radical (unpaired) electrons. The summed E-state index contributed by atoms with van der Waals surface area (Å²) >= 11 is 0. The van der Waals surface area contributed by atoms with Gasteiger partial charge in [-0.15, -0.1) is 0 Å². The number of nitrogens with zero attached hydrogens (tertiary/aromatic N) is 3. The van der Waals surface area contributed by atoms with Crippen molar-refractivity contribution in [3.63, 3.8) is 0 Å². The van der Waals surface area contributed by atoms with Gasteiger partial charge in [-0.1, -0.05) is 26.0 Å². The van der Waals surface area contributed by atoms with Gasteiger partial charge in [0.05, 0.1) is 19.1 Å². The predicted octanol–water partition coefficient (Wildman–Crippen LogP) is 4.08. The Morgan fingerprint density at radius 2 is 1.95 bits per heavy atom. The van der Waals surface area contributed by atoms with Gasteiger partial charge in [-0.3, -0.25) is 24.1 Å². The molecule has 1 saturated heterocycles. The molecule has 4 amide bonds. The molecule has 1 aromatic rings. The van der Waals surface area contributed by atoms with Crippen molar-refractivity contribution in [2.24, 2.45) is 17.8 Å². The van der Waals surface area contributed by atoms with Crippen molar-refractivity contribution >= 4 is 23.8 Å². The summed E-state index contributed by atoms with van der Waals surface area (Å²) in [7, 11) is 1.67. The van der Waals surface area contributed by atoms with Crippen LogP contribution < -0.4 is 4.74 Å². The molecule has 3 aliphatic rings. The van der Waals surface area contributed by atoms with E-state index in [4.69, 9.17) is 9.57 Å². The summed E-state index contributed by atoms with van der Waals surface area (Å²) in [5.74, 6) is -1.71. The molecule has 4 rings (SSSR count). The molecule has 10 nitrogen and oxygen atoms in total. The van der Waals surface area contributed by atoms with E-state index in [1.54, 1.807) is 7.05 Å². The molecule has 1 saturated carbocycles. The average Bonchev–Trinajstić information content (AvgIpc) is 3.40. The van der Waals surface area contributed by atoms with Gasteiger partial charge < -0.3 is 14.7 Å². The minimum Gasteiger partial charge on any atom is -0.493 e. The number of fused-ring (bicyclic) bond motifs is 1. The van der Waals surface area contributed by atoms with E-state index in [1.165, 1.54) is 14.9 Å². The lowest BCUT2D eigenvalue weighted by Crippen LogP contribution is -2.51. The first-order valence-electron chi connectivity index (χ1n) is 14.7. The molecule has 4 atom stereocenters. The molecule has 0 spiro atoms. The average molecular weight is 558 g/mol. The number of hydrogen-bond acceptors (Lipinski definition) is 6. The number of imide groups is 1. The fourth-order valence-corrected chi connectivity index (χ4v) is 6.46. The smallest absolute Gasteiger partial charge is 0.326 e. The number of hydroxylamine groups is 2. The van der Waals surface area contributed by atoms with Gasteiger partial charge >= 0.3 is 12.0 Å². The standard InChI is InChI=1S/C30H43N3O7/c1-4-11-33(40-14-5-2)27(35)18-20-16-23(8-13-32-26(34)9-12-31(3)30(32)38)28(29(36)37)24(17-20)21-6-7-25-22(19-21)10-15-39-25/h6-7,19-20,23-24,28H,4-5,8-18H2,1-3H3,(H,36,37)/t20?,23-,24-,28+/m1/s1. The summed E-state index contributed by atoms with van der Waals surface area (Å²) in [5, 5.41) is 11.9. The van der Waals surface area contributed by atoms with E-state index in [9.17, 15) is 24.3 Å². The van der Waals surface area contributed by atoms with Crippen molar-refractivity contribution in [2.45, 2.75) is 71.1 Å². The van der Waals surface area contributed by atoms with Gasteiger partial charge in [0.1, 0.15) is 5.75 Å².